The highest BCUT2D eigenvalue weighted by Crippen LogP contribution is 2.25. The molecule has 23 heavy (non-hydrogen) atoms. The van der Waals surface area contributed by atoms with Gasteiger partial charge in [0.05, 0.1) is 14.2 Å². The van der Waals surface area contributed by atoms with Crippen LogP contribution in [0.5, 0.6) is 5.75 Å². The number of rotatable bonds is 5. The fourth-order valence-corrected chi connectivity index (χ4v) is 2.05. The second-order valence-corrected chi connectivity index (χ2v) is 4.57. The second kappa shape index (κ2) is 7.68. The first-order chi connectivity index (χ1) is 11.2. The number of esters is 1. The molecule has 0 aliphatic heterocycles. The minimum Gasteiger partial charge on any atom is -0.497 e. The highest BCUT2D eigenvalue weighted by atomic mass is 16.5. The van der Waals surface area contributed by atoms with Gasteiger partial charge in [0.1, 0.15) is 11.4 Å². The molecule has 0 saturated carbocycles. The summed E-state index contributed by atoms with van der Waals surface area (Å²) < 4.78 is 9.81. The minimum atomic E-state index is -0.686. The number of hydrogen-bond donors (Lipinski definition) is 0. The zero-order valence-corrected chi connectivity index (χ0v) is 12.8. The number of carbonyl (C=O) groups is 1. The van der Waals surface area contributed by atoms with Crippen LogP contribution in [0.15, 0.2) is 59.3 Å². The molecule has 0 aliphatic rings. The molecule has 0 saturated heterocycles. The molecule has 0 atom stereocenters. The summed E-state index contributed by atoms with van der Waals surface area (Å²) in [6, 6.07) is 15.1. The van der Waals surface area contributed by atoms with Crippen LogP contribution in [0.2, 0.25) is 0 Å². The third kappa shape index (κ3) is 4.12. The minimum absolute atomic E-state index is 0.0993. The molecule has 0 bridgehead atoms. The zero-order chi connectivity index (χ0) is 16.7. The van der Waals surface area contributed by atoms with Crippen LogP contribution >= 0.6 is 0 Å². The molecule has 116 valence electrons. The highest BCUT2D eigenvalue weighted by molar-refractivity contribution is 5.93. The predicted molar refractivity (Wildman–Crippen MR) is 87.6 cm³/mol. The zero-order valence-electron chi connectivity index (χ0n) is 12.8. The molecule has 0 N–H and O–H groups in total. The van der Waals surface area contributed by atoms with Gasteiger partial charge in [-0.2, -0.15) is 0 Å². The number of nitrogens with zero attached hydrogens (tertiary/aromatic N) is 3. The van der Waals surface area contributed by atoms with Crippen LogP contribution in [0.4, 0.5) is 0 Å². The molecule has 6 heteroatoms. The summed E-state index contributed by atoms with van der Waals surface area (Å²) in [6.07, 6.45) is 1.48. The summed E-state index contributed by atoms with van der Waals surface area (Å²) in [7, 11) is 2.84. The third-order valence-electron chi connectivity index (χ3n) is 3.14. The van der Waals surface area contributed by atoms with Crippen LogP contribution in [0.1, 0.15) is 5.56 Å². The second-order valence-electron chi connectivity index (χ2n) is 4.57. The first-order valence-corrected chi connectivity index (χ1v) is 6.77. The van der Waals surface area contributed by atoms with E-state index in [1.807, 2.05) is 42.5 Å². The summed E-state index contributed by atoms with van der Waals surface area (Å²) in [4.78, 5) is 14.2. The molecular formula is C17H15N3O3. The number of carbonyl (C=O) groups excluding carboxylic acids is 1. The van der Waals surface area contributed by atoms with Gasteiger partial charge in [-0.1, -0.05) is 35.4 Å². The van der Waals surface area contributed by atoms with Crippen LogP contribution in [-0.2, 0) is 9.53 Å². The van der Waals surface area contributed by atoms with Gasteiger partial charge in [0.25, 0.3) is 0 Å². The molecule has 0 heterocycles. The van der Waals surface area contributed by atoms with Crippen molar-refractivity contribution in [3.05, 3.63) is 70.2 Å². The van der Waals surface area contributed by atoms with E-state index < -0.39 is 5.97 Å². The van der Waals surface area contributed by atoms with Crippen molar-refractivity contribution >= 4 is 12.0 Å². The Hall–Kier alpha value is -3.24. The number of ether oxygens (including phenoxy) is 2. The third-order valence-corrected chi connectivity index (χ3v) is 3.14. The summed E-state index contributed by atoms with van der Waals surface area (Å²) >= 11 is 0. The molecule has 0 aliphatic carbocycles. The molecule has 2 aromatic carbocycles. The Morgan fingerprint density at radius 3 is 2.48 bits per heavy atom. The molecule has 2 rings (SSSR count). The van der Waals surface area contributed by atoms with Crippen molar-refractivity contribution in [2.45, 2.75) is 0 Å². The fourth-order valence-electron chi connectivity index (χ4n) is 2.05. The van der Waals surface area contributed by atoms with Crippen molar-refractivity contribution in [1.82, 2.24) is 0 Å². The van der Waals surface area contributed by atoms with E-state index in [-0.39, 0.29) is 5.70 Å². The van der Waals surface area contributed by atoms with Gasteiger partial charge in [0.2, 0.25) is 0 Å². The van der Waals surface area contributed by atoms with E-state index in [4.69, 9.17) is 10.3 Å². The molecule has 6 nitrogen and oxygen atoms in total. The van der Waals surface area contributed by atoms with Crippen molar-refractivity contribution < 1.29 is 14.3 Å². The number of benzene rings is 2. The Balaban J connectivity index is 2.42. The lowest BCUT2D eigenvalue weighted by molar-refractivity contribution is -0.136. The van der Waals surface area contributed by atoms with Gasteiger partial charge >= 0.3 is 5.97 Å². The first-order valence-electron chi connectivity index (χ1n) is 6.77. The average Bonchev–Trinajstić information content (AvgIpc) is 2.61. The van der Waals surface area contributed by atoms with E-state index in [1.54, 1.807) is 13.2 Å². The molecule has 2 aromatic rings. The molecule has 0 radical (unpaired) electrons. The largest absolute Gasteiger partial charge is 0.497 e. The quantitative estimate of drug-likeness (QED) is 0.273. The normalized spacial score (nSPS) is 10.6. The Kier molecular flexibility index (Phi) is 5.39. The maximum Gasteiger partial charge on any atom is 0.340 e. The van der Waals surface area contributed by atoms with E-state index in [2.05, 4.69) is 14.8 Å². The Labute approximate surface area is 133 Å². The van der Waals surface area contributed by atoms with E-state index in [0.29, 0.717) is 0 Å². The summed E-state index contributed by atoms with van der Waals surface area (Å²) in [6.45, 7) is 0. The van der Waals surface area contributed by atoms with Crippen LogP contribution in [0.3, 0.4) is 0 Å². The van der Waals surface area contributed by atoms with Crippen LogP contribution in [0, 0.1) is 0 Å². The Morgan fingerprint density at radius 2 is 1.83 bits per heavy atom. The van der Waals surface area contributed by atoms with Crippen molar-refractivity contribution in [1.29, 1.82) is 0 Å². The van der Waals surface area contributed by atoms with Crippen LogP contribution < -0.4 is 4.74 Å². The van der Waals surface area contributed by atoms with E-state index in [1.165, 1.54) is 13.2 Å². The van der Waals surface area contributed by atoms with Gasteiger partial charge in [-0.05, 0) is 46.5 Å². The monoisotopic (exact) mass is 309 g/mol. The van der Waals surface area contributed by atoms with E-state index in [9.17, 15) is 4.79 Å². The lowest BCUT2D eigenvalue weighted by Gasteiger charge is -2.06. The molecule has 0 fully saturated rings. The average molecular weight is 309 g/mol. The van der Waals surface area contributed by atoms with Crippen molar-refractivity contribution in [2.24, 2.45) is 5.11 Å². The van der Waals surface area contributed by atoms with Gasteiger partial charge < -0.3 is 9.47 Å². The van der Waals surface area contributed by atoms with Gasteiger partial charge in [-0.25, -0.2) is 4.79 Å². The van der Waals surface area contributed by atoms with Crippen molar-refractivity contribution in [3.63, 3.8) is 0 Å². The predicted octanol–water partition coefficient (Wildman–Crippen LogP) is 4.19. The van der Waals surface area contributed by atoms with Gasteiger partial charge in [-0.3, -0.25) is 0 Å². The topological polar surface area (TPSA) is 84.3 Å². The lowest BCUT2D eigenvalue weighted by atomic mass is 10.0. The standard InChI is InChI=1S/C17H15N3O3/c1-22-15-8-4-7-14(11-15)13-6-3-5-12(9-13)10-16(19-20-18)17(21)23-2/h3-11H,1-2H3/b16-10-. The molecule has 0 spiro atoms. The van der Waals surface area contributed by atoms with Gasteiger partial charge in [0.15, 0.2) is 0 Å². The number of methoxy groups -OCH3 is 2. The molecule has 0 amide bonds. The van der Waals surface area contributed by atoms with E-state index >= 15 is 0 Å². The number of azide groups is 1. The maximum atomic E-state index is 11.6. The summed E-state index contributed by atoms with van der Waals surface area (Å²) in [5.74, 6) is 0.0716. The summed E-state index contributed by atoms with van der Waals surface area (Å²) in [5, 5.41) is 3.37. The van der Waals surface area contributed by atoms with Crippen molar-refractivity contribution in [3.8, 4) is 16.9 Å². The van der Waals surface area contributed by atoms with Crippen molar-refractivity contribution in [2.75, 3.05) is 14.2 Å². The molecule has 0 aromatic heterocycles. The Morgan fingerprint density at radius 1 is 1.13 bits per heavy atom. The highest BCUT2D eigenvalue weighted by Gasteiger charge is 2.08. The molecular weight excluding hydrogens is 294 g/mol. The molecule has 0 unspecified atom stereocenters. The smallest absolute Gasteiger partial charge is 0.340 e. The first kappa shape index (κ1) is 16.1. The van der Waals surface area contributed by atoms with Crippen LogP contribution in [0.25, 0.3) is 27.6 Å². The lowest BCUT2D eigenvalue weighted by Crippen LogP contribution is -2.01. The fraction of sp³-hybridized carbons (Fsp3) is 0.118. The SMILES string of the molecule is COC(=O)/C(=C/c1cccc(-c2cccc(OC)c2)c1)N=[N+]=[N-]. The van der Waals surface area contributed by atoms with Crippen LogP contribution in [-0.4, -0.2) is 20.2 Å². The Bertz CT molecular complexity index is 793. The van der Waals surface area contributed by atoms with Gasteiger partial charge in [0, 0.05) is 4.91 Å². The number of hydrogen-bond acceptors (Lipinski definition) is 4. The maximum absolute atomic E-state index is 11.6. The van der Waals surface area contributed by atoms with E-state index in [0.717, 1.165) is 22.4 Å². The summed E-state index contributed by atoms with van der Waals surface area (Å²) in [5.41, 5.74) is 11.1. The van der Waals surface area contributed by atoms with Gasteiger partial charge in [-0.15, -0.1) is 0 Å².